The molecule has 1 aliphatic heterocycles. The Morgan fingerprint density at radius 1 is 1.60 bits per heavy atom. The third-order valence-electron chi connectivity index (χ3n) is 3.71. The molecule has 1 saturated heterocycles. The van der Waals surface area contributed by atoms with Crippen molar-refractivity contribution in [2.45, 2.75) is 38.1 Å². The summed E-state index contributed by atoms with van der Waals surface area (Å²) in [6, 6.07) is 6.95. The van der Waals surface area contributed by atoms with Crippen molar-refractivity contribution in [3.8, 4) is 6.07 Å². The first kappa shape index (κ1) is 14.8. The molecule has 0 aliphatic carbocycles. The Bertz CT molecular complexity index is 545. The minimum atomic E-state index is -0.510. The van der Waals surface area contributed by atoms with Crippen LogP contribution in [0.3, 0.4) is 0 Å². The van der Waals surface area contributed by atoms with Crippen molar-refractivity contribution < 1.29 is 4.79 Å². The highest BCUT2D eigenvalue weighted by molar-refractivity contribution is 6.31. The Labute approximate surface area is 124 Å². The molecule has 5 heteroatoms. The number of nitrogens with zero attached hydrogens (tertiary/aromatic N) is 1. The van der Waals surface area contributed by atoms with Gasteiger partial charge in [-0.25, -0.2) is 0 Å². The Hall–Kier alpha value is -1.57. The van der Waals surface area contributed by atoms with Gasteiger partial charge in [0.15, 0.2) is 0 Å². The second kappa shape index (κ2) is 6.25. The van der Waals surface area contributed by atoms with Gasteiger partial charge in [0.2, 0.25) is 5.91 Å². The van der Waals surface area contributed by atoms with Crippen LogP contribution in [0.2, 0.25) is 5.02 Å². The molecule has 1 aromatic carbocycles. The molecule has 0 aromatic heterocycles. The molecule has 4 nitrogen and oxygen atoms in total. The van der Waals surface area contributed by atoms with E-state index in [1.807, 2.05) is 0 Å². The Balaban J connectivity index is 2.23. The van der Waals surface area contributed by atoms with Crippen LogP contribution in [0.4, 0.5) is 5.69 Å². The number of hydrogen-bond donors (Lipinski definition) is 2. The van der Waals surface area contributed by atoms with Crippen LogP contribution in [0.1, 0.15) is 38.2 Å². The summed E-state index contributed by atoms with van der Waals surface area (Å²) in [6.45, 7) is 2.92. The lowest BCUT2D eigenvalue weighted by Gasteiger charge is -2.28. The van der Waals surface area contributed by atoms with E-state index in [1.165, 1.54) is 0 Å². The normalized spacial score (nSPS) is 21.4. The summed E-state index contributed by atoms with van der Waals surface area (Å²) in [6.07, 6.45) is 3.55. The van der Waals surface area contributed by atoms with Crippen molar-refractivity contribution in [2.75, 3.05) is 11.9 Å². The molecule has 0 bridgehead atoms. The molecule has 1 unspecified atom stereocenters. The monoisotopic (exact) mass is 291 g/mol. The molecule has 1 amide bonds. The maximum Gasteiger partial charge on any atom is 0.244 e. The molecule has 0 saturated carbocycles. The zero-order valence-corrected chi connectivity index (χ0v) is 12.3. The molecule has 0 spiro atoms. The summed E-state index contributed by atoms with van der Waals surface area (Å²) < 4.78 is 0. The van der Waals surface area contributed by atoms with Gasteiger partial charge in [-0.05, 0) is 44.0 Å². The number of rotatable bonds is 4. The molecule has 20 heavy (non-hydrogen) atoms. The summed E-state index contributed by atoms with van der Waals surface area (Å²) in [7, 11) is 0. The topological polar surface area (TPSA) is 64.9 Å². The molecule has 1 heterocycles. The van der Waals surface area contributed by atoms with Crippen LogP contribution in [-0.2, 0) is 4.79 Å². The van der Waals surface area contributed by atoms with Crippen molar-refractivity contribution in [3.05, 3.63) is 28.8 Å². The van der Waals surface area contributed by atoms with Crippen molar-refractivity contribution in [2.24, 2.45) is 0 Å². The fourth-order valence-electron chi connectivity index (χ4n) is 2.71. The summed E-state index contributed by atoms with van der Waals surface area (Å²) in [5.41, 5.74) is 0.394. The van der Waals surface area contributed by atoms with E-state index in [1.54, 1.807) is 18.2 Å². The second-order valence-electron chi connectivity index (χ2n) is 5.12. The Morgan fingerprint density at radius 3 is 3.00 bits per heavy atom. The smallest absolute Gasteiger partial charge is 0.244 e. The molecule has 1 aliphatic rings. The number of hydrogen-bond acceptors (Lipinski definition) is 3. The second-order valence-corrected chi connectivity index (χ2v) is 5.55. The van der Waals surface area contributed by atoms with Crippen LogP contribution in [0.5, 0.6) is 0 Å². The van der Waals surface area contributed by atoms with Crippen LogP contribution in [0.25, 0.3) is 0 Å². The first-order valence-corrected chi connectivity index (χ1v) is 7.25. The maximum atomic E-state index is 12.6. The number of carbonyl (C=O) groups is 1. The van der Waals surface area contributed by atoms with Gasteiger partial charge in [-0.2, -0.15) is 5.26 Å². The molecule has 106 valence electrons. The number of amides is 1. The van der Waals surface area contributed by atoms with E-state index < -0.39 is 5.54 Å². The van der Waals surface area contributed by atoms with Gasteiger partial charge in [0.1, 0.15) is 6.07 Å². The third-order valence-corrected chi connectivity index (χ3v) is 3.94. The highest BCUT2D eigenvalue weighted by Crippen LogP contribution is 2.28. The zero-order valence-electron chi connectivity index (χ0n) is 11.5. The van der Waals surface area contributed by atoms with Crippen LogP contribution >= 0.6 is 11.6 Å². The maximum absolute atomic E-state index is 12.6. The Morgan fingerprint density at radius 2 is 2.40 bits per heavy atom. The molecule has 2 rings (SSSR count). The van der Waals surface area contributed by atoms with E-state index in [4.69, 9.17) is 16.9 Å². The first-order valence-electron chi connectivity index (χ1n) is 6.87. The van der Waals surface area contributed by atoms with Gasteiger partial charge in [-0.1, -0.05) is 24.9 Å². The highest BCUT2D eigenvalue weighted by Gasteiger charge is 2.40. The van der Waals surface area contributed by atoms with Crippen LogP contribution in [0, 0.1) is 11.3 Å². The average Bonchev–Trinajstić information content (AvgIpc) is 2.89. The number of carbonyl (C=O) groups excluding carboxylic acids is 1. The first-order chi connectivity index (χ1) is 9.61. The fourth-order valence-corrected chi connectivity index (χ4v) is 2.89. The van der Waals surface area contributed by atoms with Gasteiger partial charge < -0.3 is 10.6 Å². The number of nitrogens with one attached hydrogen (secondary N) is 2. The van der Waals surface area contributed by atoms with Crippen molar-refractivity contribution in [1.82, 2.24) is 5.32 Å². The van der Waals surface area contributed by atoms with Gasteiger partial charge >= 0.3 is 0 Å². The summed E-state index contributed by atoms with van der Waals surface area (Å²) in [5, 5.41) is 15.8. The van der Waals surface area contributed by atoms with Crippen LogP contribution < -0.4 is 10.6 Å². The lowest BCUT2D eigenvalue weighted by Crippen LogP contribution is -2.50. The van der Waals surface area contributed by atoms with E-state index in [-0.39, 0.29) is 5.91 Å². The van der Waals surface area contributed by atoms with Crippen LogP contribution in [-0.4, -0.2) is 18.0 Å². The number of halogens is 1. The van der Waals surface area contributed by atoms with E-state index in [2.05, 4.69) is 23.6 Å². The minimum absolute atomic E-state index is 0.0735. The standard InChI is InChI=1S/C15H18ClN3O/c1-2-6-15(7-3-8-18-15)14(20)19-13-9-12(16)5-4-11(13)10-17/h4-5,9,18H,2-3,6-8H2,1H3,(H,19,20). The average molecular weight is 292 g/mol. The van der Waals surface area contributed by atoms with Crippen molar-refractivity contribution in [3.63, 3.8) is 0 Å². The van der Waals surface area contributed by atoms with E-state index >= 15 is 0 Å². The predicted molar refractivity (Wildman–Crippen MR) is 79.7 cm³/mol. The predicted octanol–water partition coefficient (Wildman–Crippen LogP) is 3.07. The summed E-state index contributed by atoms with van der Waals surface area (Å²) in [5.74, 6) is -0.0735. The number of benzene rings is 1. The SMILES string of the molecule is CCCC1(C(=O)Nc2cc(Cl)ccc2C#N)CCCN1. The van der Waals surface area contributed by atoms with Gasteiger partial charge in [-0.3, -0.25) is 4.79 Å². The minimum Gasteiger partial charge on any atom is -0.323 e. The van der Waals surface area contributed by atoms with Gasteiger partial charge in [0.25, 0.3) is 0 Å². The van der Waals surface area contributed by atoms with Crippen molar-refractivity contribution >= 4 is 23.2 Å². The van der Waals surface area contributed by atoms with Crippen LogP contribution in [0.15, 0.2) is 18.2 Å². The molecular weight excluding hydrogens is 274 g/mol. The van der Waals surface area contributed by atoms with Gasteiger partial charge in [0.05, 0.1) is 16.8 Å². The number of nitriles is 1. The summed E-state index contributed by atoms with van der Waals surface area (Å²) in [4.78, 5) is 12.6. The van der Waals surface area contributed by atoms with E-state index in [9.17, 15) is 4.79 Å². The third kappa shape index (κ3) is 2.95. The quantitative estimate of drug-likeness (QED) is 0.896. The molecule has 1 fully saturated rings. The fraction of sp³-hybridized carbons (Fsp3) is 0.467. The molecule has 1 aromatic rings. The summed E-state index contributed by atoms with van der Waals surface area (Å²) >= 11 is 5.94. The number of anilines is 1. The lowest BCUT2D eigenvalue weighted by molar-refractivity contribution is -0.122. The highest BCUT2D eigenvalue weighted by atomic mass is 35.5. The Kier molecular flexibility index (Phi) is 4.64. The van der Waals surface area contributed by atoms with Gasteiger partial charge in [-0.15, -0.1) is 0 Å². The van der Waals surface area contributed by atoms with Gasteiger partial charge in [0, 0.05) is 5.02 Å². The van der Waals surface area contributed by atoms with Crippen molar-refractivity contribution in [1.29, 1.82) is 5.26 Å². The lowest BCUT2D eigenvalue weighted by atomic mass is 9.90. The molecule has 1 atom stereocenters. The zero-order chi connectivity index (χ0) is 14.6. The molecular formula is C15H18ClN3O. The molecule has 2 N–H and O–H groups in total. The largest absolute Gasteiger partial charge is 0.323 e. The van der Waals surface area contributed by atoms with E-state index in [0.29, 0.717) is 16.3 Å². The van der Waals surface area contributed by atoms with E-state index in [0.717, 1.165) is 32.2 Å². The molecule has 0 radical (unpaired) electrons.